The second kappa shape index (κ2) is 58.6. The zero-order valence-electron chi connectivity index (χ0n) is 71.3. The predicted molar refractivity (Wildman–Crippen MR) is 433 cm³/mol. The average Bonchev–Trinajstić information content (AvgIpc) is 0.839. The van der Waals surface area contributed by atoms with Crippen LogP contribution in [-0.2, 0) is 101 Å². The van der Waals surface area contributed by atoms with Crippen molar-refractivity contribution in [3.63, 3.8) is 0 Å². The molecule has 0 aliphatic rings. The molecule has 0 spiro atoms. The highest BCUT2D eigenvalue weighted by molar-refractivity contribution is 6.01. The van der Waals surface area contributed by atoms with Crippen LogP contribution in [0.5, 0.6) is 0 Å². The Labute approximate surface area is 710 Å². The van der Waals surface area contributed by atoms with E-state index in [-0.39, 0.29) is 51.0 Å². The number of rotatable bonds is 61. The van der Waals surface area contributed by atoms with Crippen LogP contribution in [0.1, 0.15) is 160 Å². The van der Waals surface area contributed by atoms with Crippen molar-refractivity contribution in [1.29, 1.82) is 0 Å². The maximum atomic E-state index is 14.1. The molecule has 0 aliphatic carbocycles. The van der Waals surface area contributed by atoms with Crippen LogP contribution in [0.3, 0.4) is 0 Å². The third kappa shape index (κ3) is 43.8. The summed E-state index contributed by atoms with van der Waals surface area (Å²) in [7, 11) is 0. The lowest BCUT2D eigenvalue weighted by atomic mass is 9.96. The van der Waals surface area contributed by atoms with E-state index in [0.717, 1.165) is 13.8 Å². The Morgan fingerprint density at radius 1 is 0.309 bits per heavy atom. The van der Waals surface area contributed by atoms with Gasteiger partial charge in [0.1, 0.15) is 84.6 Å². The molecule has 0 unspecified atom stereocenters. The van der Waals surface area contributed by atoms with E-state index in [2.05, 4.69) is 95.7 Å². The van der Waals surface area contributed by atoms with Gasteiger partial charge in [0, 0.05) is 12.8 Å². The Morgan fingerprint density at radius 3 is 1.07 bits per heavy atom. The molecule has 0 aromatic carbocycles. The van der Waals surface area contributed by atoms with Crippen molar-refractivity contribution in [1.82, 2.24) is 95.7 Å². The first-order valence-corrected chi connectivity index (χ1v) is 40.2. The third-order valence-electron chi connectivity index (χ3n) is 18.6. The monoisotopic (exact) mass is 1760 g/mol. The fraction of sp³-hybridized carbons (Fsp3) is 0.716. The molecule has 0 saturated carbocycles. The minimum atomic E-state index is -1.89. The van der Waals surface area contributed by atoms with Crippen LogP contribution in [0.15, 0.2) is 0 Å². The van der Waals surface area contributed by atoms with Crippen molar-refractivity contribution in [2.24, 2.45) is 40.9 Å². The van der Waals surface area contributed by atoms with E-state index in [1.807, 2.05) is 0 Å². The number of aliphatic hydroxyl groups excluding tert-OH is 4. The first kappa shape index (κ1) is 112. The van der Waals surface area contributed by atoms with Gasteiger partial charge in [0.2, 0.25) is 106 Å². The topological polar surface area (TPSA) is 795 Å². The van der Waals surface area contributed by atoms with Crippen LogP contribution in [0.4, 0.5) is 0 Å². The number of hydrogen-bond donors (Lipinski definition) is 28. The molecule has 49 heteroatoms. The minimum Gasteiger partial charge on any atom is -0.481 e. The SMILES string of the molecule is CC[C@H](C)[C@H](NC(=O)CNC(=O)CNC(=O)[C@H](C)NC(=O)[C@H](CO)NC(=O)[C@H](CCCCN)NC(=O)[C@H](CO)NC(=O)[C@H](CCC(=O)O)NC(=O)[C@@H](NC(=O)[C@@H](N)CCC(=O)O)C(C)C)C(=O)N[C@H](C(=O)N[C@@H](CC(C)C)C(=O)N[C@H](C(=O)NCC(=O)N[C@@H](CO)C(=O)N[C@@H](C)C(=O)N[C@@H](C)C(=O)NCC(=O)N[C@@H](CCCCN)C(=O)O)[C@@H](C)O)C(C)C. The molecule has 49 nitrogen and oxygen atoms in total. The Bertz CT molecular complexity index is 3590. The van der Waals surface area contributed by atoms with E-state index < -0.39 is 304 Å². The van der Waals surface area contributed by atoms with E-state index in [0.29, 0.717) is 25.8 Å². The molecule has 123 heavy (non-hydrogen) atoms. The normalized spacial score (nSPS) is 15.3. The summed E-state index contributed by atoms with van der Waals surface area (Å²) in [6.45, 7) is 11.5. The largest absolute Gasteiger partial charge is 0.481 e. The zero-order valence-corrected chi connectivity index (χ0v) is 71.3. The highest BCUT2D eigenvalue weighted by atomic mass is 16.4. The fourth-order valence-electron chi connectivity index (χ4n) is 11.1. The van der Waals surface area contributed by atoms with E-state index in [1.165, 1.54) is 27.7 Å². The van der Waals surface area contributed by atoms with Gasteiger partial charge >= 0.3 is 17.9 Å². The molecule has 0 radical (unpaired) electrons. The van der Waals surface area contributed by atoms with Crippen LogP contribution >= 0.6 is 0 Å². The standard InChI is InChI=1S/C74H129N21O28/c1-13-37(8)58(73(121)94-57(36(6)7)72(120)89-46(26-34(2)3)66(114)95-59(41(12)99)70(118)81-30-52(102)86-47(31-96)67(115)84-40(11)62(110)82-38(9)60(108)80-29-51(101)85-45(74(122)123)19-15-17-25-76)92-53(103)28-78-50(100)27-79-61(109)39(10)83-68(116)48(32-97)90-64(112)43(18-14-16-24-75)87-69(117)49(33-98)91-65(113)44(21-23-55(106)107)88-71(119)56(35(4)5)93-63(111)42(77)20-22-54(104)105/h34-49,56-59,96-99H,13-33,75-77H2,1-12H3,(H,78,100)(H,79,109)(H,80,108)(H,81,118)(H,82,110)(H,83,116)(H,84,115)(H,85,101)(H,86,102)(H,87,117)(H,88,119)(H,89,120)(H,90,112)(H,91,113)(H,92,103)(H,93,111)(H,94,121)(H,95,114)(H,104,105)(H,106,107)(H,122,123)/t37-,38-,39-,40-,41+,42-,43-,44-,45-,46-,47-,48-,49-,56-,57-,58-,59-/m0/s1. The highest BCUT2D eigenvalue weighted by Crippen LogP contribution is 2.15. The second-order valence-corrected chi connectivity index (χ2v) is 30.3. The number of amides is 18. The first-order valence-electron chi connectivity index (χ1n) is 40.2. The molecule has 0 bridgehead atoms. The van der Waals surface area contributed by atoms with E-state index in [1.54, 1.807) is 41.5 Å². The van der Waals surface area contributed by atoms with Gasteiger partial charge in [-0.2, -0.15) is 0 Å². The van der Waals surface area contributed by atoms with E-state index >= 15 is 0 Å². The number of carboxylic acid groups (broad SMARTS) is 3. The first-order chi connectivity index (χ1) is 57.5. The van der Waals surface area contributed by atoms with Gasteiger partial charge in [0.25, 0.3) is 0 Å². The van der Waals surface area contributed by atoms with Crippen molar-refractivity contribution in [2.45, 2.75) is 257 Å². The minimum absolute atomic E-state index is 0.0814. The number of carbonyl (C=O) groups is 21. The molecule has 31 N–H and O–H groups in total. The summed E-state index contributed by atoms with van der Waals surface area (Å²) in [4.78, 5) is 274. The number of carboxylic acids is 3. The molecule has 17 atom stereocenters. The van der Waals surface area contributed by atoms with Crippen molar-refractivity contribution >= 4 is 124 Å². The lowest BCUT2D eigenvalue weighted by molar-refractivity contribution is -0.142. The maximum Gasteiger partial charge on any atom is 0.326 e. The molecule has 0 aromatic heterocycles. The van der Waals surface area contributed by atoms with Gasteiger partial charge in [-0.1, -0.05) is 61.8 Å². The molecule has 0 aromatic rings. The number of carbonyl (C=O) groups excluding carboxylic acids is 18. The van der Waals surface area contributed by atoms with Crippen LogP contribution < -0.4 is 113 Å². The highest BCUT2D eigenvalue weighted by Gasteiger charge is 2.39. The van der Waals surface area contributed by atoms with Crippen molar-refractivity contribution in [3.05, 3.63) is 0 Å². The van der Waals surface area contributed by atoms with Gasteiger partial charge in [-0.15, -0.1) is 0 Å². The summed E-state index contributed by atoms with van der Waals surface area (Å²) >= 11 is 0. The zero-order chi connectivity index (χ0) is 94.2. The van der Waals surface area contributed by atoms with Gasteiger partial charge in [0.05, 0.1) is 58.1 Å². The lowest BCUT2D eigenvalue weighted by Gasteiger charge is -2.30. The predicted octanol–water partition coefficient (Wildman–Crippen LogP) is -11.5. The van der Waals surface area contributed by atoms with Gasteiger partial charge in [-0.05, 0) is 122 Å². The Kier molecular flexibility index (Phi) is 53.1. The number of unbranched alkanes of at least 4 members (excludes halogenated alkanes) is 2. The molecular formula is C74H129N21O28. The smallest absolute Gasteiger partial charge is 0.326 e. The van der Waals surface area contributed by atoms with Gasteiger partial charge in [-0.3, -0.25) is 95.9 Å². The Morgan fingerprint density at radius 2 is 0.642 bits per heavy atom. The summed E-state index contributed by atoms with van der Waals surface area (Å²) in [6.07, 6.45) is -2.25. The molecule has 698 valence electrons. The Hall–Kier alpha value is -11.4. The lowest BCUT2D eigenvalue weighted by Crippen LogP contribution is -2.61. The number of nitrogens with one attached hydrogen (secondary N) is 18. The van der Waals surface area contributed by atoms with Crippen molar-refractivity contribution in [3.8, 4) is 0 Å². The summed E-state index contributed by atoms with van der Waals surface area (Å²) in [5, 5.41) is 110. The molecule has 0 saturated heterocycles. The number of nitrogens with two attached hydrogens (primary N) is 3. The van der Waals surface area contributed by atoms with Crippen LogP contribution in [0, 0.1) is 23.7 Å². The van der Waals surface area contributed by atoms with Gasteiger partial charge in [0.15, 0.2) is 0 Å². The molecule has 0 fully saturated rings. The molecule has 18 amide bonds. The summed E-state index contributed by atoms with van der Waals surface area (Å²) in [5.74, 6) is -24.5. The molecule has 0 aliphatic heterocycles. The molecule has 0 heterocycles. The number of aliphatic carboxylic acids is 3. The van der Waals surface area contributed by atoms with Crippen LogP contribution in [0.25, 0.3) is 0 Å². The maximum absolute atomic E-state index is 14.1. The van der Waals surface area contributed by atoms with Gasteiger partial charge < -0.3 is 149 Å². The van der Waals surface area contributed by atoms with Crippen LogP contribution in [-0.4, -0.2) is 316 Å². The number of aliphatic hydroxyl groups is 4. The quantitative estimate of drug-likeness (QED) is 0.0251. The molecule has 0 rings (SSSR count). The third-order valence-corrected chi connectivity index (χ3v) is 18.6. The summed E-state index contributed by atoms with van der Waals surface area (Å²) in [5.41, 5.74) is 16.9. The van der Waals surface area contributed by atoms with Gasteiger partial charge in [-0.25, -0.2) is 4.79 Å². The number of hydrogen-bond acceptors (Lipinski definition) is 28. The van der Waals surface area contributed by atoms with E-state index in [4.69, 9.17) is 22.3 Å². The average molecular weight is 1760 g/mol. The van der Waals surface area contributed by atoms with E-state index in [9.17, 15) is 131 Å². The second-order valence-electron chi connectivity index (χ2n) is 30.3. The van der Waals surface area contributed by atoms with Crippen LogP contribution in [0.2, 0.25) is 0 Å². The van der Waals surface area contributed by atoms with Crippen molar-refractivity contribution < 1.29 is 136 Å². The van der Waals surface area contributed by atoms with Crippen molar-refractivity contribution in [2.75, 3.05) is 59.1 Å². The fourth-order valence-corrected chi connectivity index (χ4v) is 11.1. The summed E-state index contributed by atoms with van der Waals surface area (Å²) < 4.78 is 0. The Balaban J connectivity index is 5.94. The summed E-state index contributed by atoms with van der Waals surface area (Å²) in [6, 6.07) is -22.9. The molecular weight excluding hydrogens is 1630 g/mol.